The van der Waals surface area contributed by atoms with Gasteiger partial charge in [-0.25, -0.2) is 0 Å². The topological polar surface area (TPSA) is 31.0 Å². The normalized spacial score (nSPS) is 15.4. The highest BCUT2D eigenvalue weighted by molar-refractivity contribution is 5.57. The van der Waals surface area contributed by atoms with Crippen LogP contribution in [0.25, 0.3) is 6.08 Å². The van der Waals surface area contributed by atoms with Crippen LogP contribution in [0.15, 0.2) is 84.9 Å². The second-order valence-electron chi connectivity index (χ2n) is 7.13. The van der Waals surface area contributed by atoms with Gasteiger partial charge in [0.2, 0.25) is 0 Å². The Bertz CT molecular complexity index is 929. The van der Waals surface area contributed by atoms with Gasteiger partial charge in [0.15, 0.2) is 0 Å². The van der Waals surface area contributed by atoms with Crippen LogP contribution in [-0.2, 0) is 17.8 Å². The lowest BCUT2D eigenvalue weighted by Crippen LogP contribution is -2.04. The Labute approximate surface area is 172 Å². The van der Waals surface area contributed by atoms with E-state index < -0.39 is 0 Å². The Kier molecular flexibility index (Phi) is 6.61. The minimum atomic E-state index is 0.263. The number of aryl methyl sites for hydroxylation is 1. The Morgan fingerprint density at radius 3 is 2.38 bits per heavy atom. The summed E-state index contributed by atoms with van der Waals surface area (Å²) < 4.78 is 17.2. The van der Waals surface area contributed by atoms with E-state index >= 15 is 0 Å². The lowest BCUT2D eigenvalue weighted by atomic mass is 10.1. The zero-order chi connectivity index (χ0) is 19.7. The molecule has 3 heteroatoms. The summed E-state index contributed by atoms with van der Waals surface area (Å²) in [6.07, 6.45) is 6.46. The molecule has 0 spiro atoms. The van der Waals surface area contributed by atoms with Crippen molar-refractivity contribution in [3.05, 3.63) is 102 Å². The molecular formula is C26H26O3. The van der Waals surface area contributed by atoms with Crippen LogP contribution < -0.4 is 9.47 Å². The molecule has 1 aliphatic rings. The standard InChI is InChI=1S/C26H26O3/c1-2-10-21(11-3-1)18-28-25-16-8-6-14-22(25)12-4-5-13-23-15-7-9-17-26(23)29-20-24-19-27-24/h1-3,5-11,13-17,24H,4,12,18-20H2. The third-order valence-electron chi connectivity index (χ3n) is 4.83. The smallest absolute Gasteiger partial charge is 0.126 e. The monoisotopic (exact) mass is 386 g/mol. The first-order valence-corrected chi connectivity index (χ1v) is 10.1. The van der Waals surface area contributed by atoms with Crippen molar-refractivity contribution in [1.29, 1.82) is 0 Å². The molecule has 0 radical (unpaired) electrons. The van der Waals surface area contributed by atoms with Crippen LogP contribution in [0.2, 0.25) is 0 Å². The van der Waals surface area contributed by atoms with Crippen molar-refractivity contribution in [1.82, 2.24) is 0 Å². The van der Waals surface area contributed by atoms with Gasteiger partial charge in [-0.1, -0.05) is 78.9 Å². The summed E-state index contributed by atoms with van der Waals surface area (Å²) in [5, 5.41) is 0. The van der Waals surface area contributed by atoms with Gasteiger partial charge in [0.1, 0.15) is 30.8 Å². The molecule has 0 bridgehead atoms. The van der Waals surface area contributed by atoms with Crippen molar-refractivity contribution in [3.8, 4) is 11.5 Å². The maximum absolute atomic E-state index is 6.06. The molecule has 1 fully saturated rings. The van der Waals surface area contributed by atoms with E-state index in [2.05, 4.69) is 42.5 Å². The van der Waals surface area contributed by atoms with Gasteiger partial charge < -0.3 is 14.2 Å². The van der Waals surface area contributed by atoms with Gasteiger partial charge in [0.25, 0.3) is 0 Å². The Balaban J connectivity index is 1.32. The summed E-state index contributed by atoms with van der Waals surface area (Å²) in [4.78, 5) is 0. The number of para-hydroxylation sites is 2. The van der Waals surface area contributed by atoms with Gasteiger partial charge in [0, 0.05) is 5.56 Å². The van der Waals surface area contributed by atoms with E-state index in [1.807, 2.05) is 48.5 Å². The van der Waals surface area contributed by atoms with Crippen LogP contribution in [0.3, 0.4) is 0 Å². The fourth-order valence-electron chi connectivity index (χ4n) is 3.13. The van der Waals surface area contributed by atoms with Crippen LogP contribution in [-0.4, -0.2) is 19.3 Å². The quantitative estimate of drug-likeness (QED) is 0.420. The van der Waals surface area contributed by atoms with Gasteiger partial charge in [-0.05, 0) is 36.1 Å². The molecule has 29 heavy (non-hydrogen) atoms. The predicted molar refractivity (Wildman–Crippen MR) is 116 cm³/mol. The van der Waals surface area contributed by atoms with E-state index in [0.29, 0.717) is 13.2 Å². The molecular weight excluding hydrogens is 360 g/mol. The summed E-state index contributed by atoms with van der Waals surface area (Å²) in [5.41, 5.74) is 3.50. The maximum atomic E-state index is 6.06. The van der Waals surface area contributed by atoms with Gasteiger partial charge >= 0.3 is 0 Å². The van der Waals surface area contributed by atoms with Gasteiger partial charge in [-0.3, -0.25) is 0 Å². The van der Waals surface area contributed by atoms with E-state index in [9.17, 15) is 0 Å². The minimum absolute atomic E-state index is 0.263. The molecule has 4 rings (SSSR count). The number of epoxide rings is 1. The SMILES string of the molecule is C(=Cc1ccccc1OCC1CO1)CCc1ccccc1OCc1ccccc1. The van der Waals surface area contributed by atoms with E-state index in [1.54, 1.807) is 0 Å². The molecule has 0 amide bonds. The average molecular weight is 386 g/mol. The van der Waals surface area contributed by atoms with Crippen LogP contribution >= 0.6 is 0 Å². The third kappa shape index (κ3) is 5.97. The predicted octanol–water partition coefficient (Wildman–Crippen LogP) is 5.69. The Morgan fingerprint density at radius 2 is 1.55 bits per heavy atom. The van der Waals surface area contributed by atoms with Crippen molar-refractivity contribution in [3.63, 3.8) is 0 Å². The number of benzene rings is 3. The summed E-state index contributed by atoms with van der Waals surface area (Å²) >= 11 is 0. The minimum Gasteiger partial charge on any atom is -0.490 e. The van der Waals surface area contributed by atoms with Crippen molar-refractivity contribution >= 4 is 6.08 Å². The molecule has 1 atom stereocenters. The molecule has 0 aliphatic carbocycles. The first-order valence-electron chi connectivity index (χ1n) is 10.1. The fraction of sp³-hybridized carbons (Fsp3) is 0.231. The van der Waals surface area contributed by atoms with Crippen molar-refractivity contribution in [2.45, 2.75) is 25.6 Å². The van der Waals surface area contributed by atoms with Crippen molar-refractivity contribution in [2.75, 3.05) is 13.2 Å². The number of allylic oxidation sites excluding steroid dienone is 1. The highest BCUT2D eigenvalue weighted by Crippen LogP contribution is 2.23. The largest absolute Gasteiger partial charge is 0.490 e. The van der Waals surface area contributed by atoms with E-state index in [0.717, 1.165) is 36.5 Å². The molecule has 1 unspecified atom stereocenters. The fourth-order valence-corrected chi connectivity index (χ4v) is 3.13. The highest BCUT2D eigenvalue weighted by atomic mass is 16.6. The molecule has 3 aromatic carbocycles. The molecule has 3 nitrogen and oxygen atoms in total. The zero-order valence-electron chi connectivity index (χ0n) is 16.5. The second kappa shape index (κ2) is 9.94. The second-order valence-corrected chi connectivity index (χ2v) is 7.13. The molecule has 1 heterocycles. The lowest BCUT2D eigenvalue weighted by Gasteiger charge is -2.11. The Hall–Kier alpha value is -3.04. The van der Waals surface area contributed by atoms with Gasteiger partial charge in [-0.15, -0.1) is 0 Å². The van der Waals surface area contributed by atoms with Crippen molar-refractivity contribution in [2.24, 2.45) is 0 Å². The van der Waals surface area contributed by atoms with Crippen LogP contribution in [0, 0.1) is 0 Å². The number of hydrogen-bond acceptors (Lipinski definition) is 3. The molecule has 1 saturated heterocycles. The van der Waals surface area contributed by atoms with Crippen LogP contribution in [0.4, 0.5) is 0 Å². The summed E-state index contributed by atoms with van der Waals surface area (Å²) in [6.45, 7) is 2.02. The molecule has 148 valence electrons. The Morgan fingerprint density at radius 1 is 0.828 bits per heavy atom. The lowest BCUT2D eigenvalue weighted by molar-refractivity contribution is 0.262. The van der Waals surface area contributed by atoms with E-state index in [4.69, 9.17) is 14.2 Å². The average Bonchev–Trinajstić information content (AvgIpc) is 3.60. The molecule has 0 aromatic heterocycles. The van der Waals surface area contributed by atoms with Crippen LogP contribution in [0.1, 0.15) is 23.1 Å². The summed E-state index contributed by atoms with van der Waals surface area (Å²) in [6, 6.07) is 26.7. The van der Waals surface area contributed by atoms with Gasteiger partial charge in [0.05, 0.1) is 6.61 Å². The first-order chi connectivity index (χ1) is 14.4. The van der Waals surface area contributed by atoms with Gasteiger partial charge in [-0.2, -0.15) is 0 Å². The van der Waals surface area contributed by atoms with E-state index in [-0.39, 0.29) is 6.10 Å². The van der Waals surface area contributed by atoms with E-state index in [1.165, 1.54) is 11.1 Å². The molecule has 1 aliphatic heterocycles. The molecule has 3 aromatic rings. The summed E-state index contributed by atoms with van der Waals surface area (Å²) in [7, 11) is 0. The third-order valence-corrected chi connectivity index (χ3v) is 4.83. The molecule has 0 N–H and O–H groups in total. The first kappa shape index (κ1) is 19.3. The number of rotatable bonds is 10. The summed E-state index contributed by atoms with van der Waals surface area (Å²) in [5.74, 6) is 1.86. The van der Waals surface area contributed by atoms with Crippen LogP contribution in [0.5, 0.6) is 11.5 Å². The highest BCUT2D eigenvalue weighted by Gasteiger charge is 2.23. The molecule has 0 saturated carbocycles. The maximum Gasteiger partial charge on any atom is 0.126 e. The number of hydrogen-bond donors (Lipinski definition) is 0. The zero-order valence-corrected chi connectivity index (χ0v) is 16.5. The van der Waals surface area contributed by atoms with Crippen molar-refractivity contribution < 1.29 is 14.2 Å². The number of ether oxygens (including phenoxy) is 3.